The van der Waals surface area contributed by atoms with E-state index in [1.165, 1.54) is 18.2 Å². The van der Waals surface area contributed by atoms with E-state index in [0.717, 1.165) is 11.3 Å². The van der Waals surface area contributed by atoms with E-state index in [-0.39, 0.29) is 5.75 Å². The second-order valence-corrected chi connectivity index (χ2v) is 4.94. The number of halogens is 4. The summed E-state index contributed by atoms with van der Waals surface area (Å²) in [5.41, 5.74) is 2.52. The molecule has 0 bridgehead atoms. The number of rotatable bonds is 4. The second-order valence-electron chi connectivity index (χ2n) is 4.51. The number of benzene rings is 2. The van der Waals surface area contributed by atoms with Crippen molar-refractivity contribution in [3.63, 3.8) is 0 Å². The van der Waals surface area contributed by atoms with Gasteiger partial charge >= 0.3 is 6.36 Å². The lowest BCUT2D eigenvalue weighted by atomic mass is 10.1. The van der Waals surface area contributed by atoms with E-state index in [4.69, 9.17) is 11.6 Å². The van der Waals surface area contributed by atoms with Crippen LogP contribution in [0.3, 0.4) is 0 Å². The molecule has 2 aromatic carbocycles. The van der Waals surface area contributed by atoms with Crippen molar-refractivity contribution in [1.29, 1.82) is 0 Å². The van der Waals surface area contributed by atoms with Crippen LogP contribution in [-0.2, 0) is 6.54 Å². The molecule has 1 N–H and O–H groups in total. The highest BCUT2D eigenvalue weighted by molar-refractivity contribution is 6.30. The number of hydrogen-bond acceptors (Lipinski definition) is 2. The van der Waals surface area contributed by atoms with E-state index < -0.39 is 6.36 Å². The fourth-order valence-electron chi connectivity index (χ4n) is 1.83. The molecule has 2 rings (SSSR count). The van der Waals surface area contributed by atoms with Gasteiger partial charge in [-0.1, -0.05) is 29.8 Å². The third kappa shape index (κ3) is 4.86. The van der Waals surface area contributed by atoms with Gasteiger partial charge < -0.3 is 10.1 Å². The van der Waals surface area contributed by atoms with Crippen LogP contribution in [0.25, 0.3) is 0 Å². The minimum atomic E-state index is -4.68. The number of aryl methyl sites for hydroxylation is 1. The van der Waals surface area contributed by atoms with Crippen molar-refractivity contribution < 1.29 is 17.9 Å². The molecule has 0 amide bonds. The molecule has 0 spiro atoms. The molecule has 0 aliphatic carbocycles. The maximum Gasteiger partial charge on any atom is 0.573 e. The van der Waals surface area contributed by atoms with E-state index in [2.05, 4.69) is 10.1 Å². The van der Waals surface area contributed by atoms with Gasteiger partial charge in [-0.25, -0.2) is 0 Å². The molecule has 0 atom stereocenters. The van der Waals surface area contributed by atoms with Crippen molar-refractivity contribution in [3.05, 3.63) is 58.6 Å². The lowest BCUT2D eigenvalue weighted by Crippen LogP contribution is -2.17. The topological polar surface area (TPSA) is 21.3 Å². The SMILES string of the molecule is Cc1ccc(Cl)cc1NCc1cccc(OC(F)(F)F)c1. The number of hydrogen-bond donors (Lipinski definition) is 1. The minimum Gasteiger partial charge on any atom is -0.406 e. The molecule has 112 valence electrons. The summed E-state index contributed by atoms with van der Waals surface area (Å²) < 4.78 is 40.4. The summed E-state index contributed by atoms with van der Waals surface area (Å²) in [6, 6.07) is 11.3. The zero-order valence-corrected chi connectivity index (χ0v) is 11.9. The van der Waals surface area contributed by atoms with E-state index >= 15 is 0 Å². The Morgan fingerprint density at radius 3 is 2.62 bits per heavy atom. The zero-order chi connectivity index (χ0) is 15.5. The van der Waals surface area contributed by atoms with Gasteiger partial charge in [0.1, 0.15) is 5.75 Å². The Balaban J connectivity index is 2.06. The van der Waals surface area contributed by atoms with Crippen molar-refractivity contribution in [3.8, 4) is 5.75 Å². The van der Waals surface area contributed by atoms with Crippen LogP contribution >= 0.6 is 11.6 Å². The summed E-state index contributed by atoms with van der Waals surface area (Å²) in [6.45, 7) is 2.29. The second kappa shape index (κ2) is 6.26. The summed E-state index contributed by atoms with van der Waals surface area (Å²) in [7, 11) is 0. The average molecular weight is 316 g/mol. The molecule has 0 saturated carbocycles. The van der Waals surface area contributed by atoms with Crippen LogP contribution < -0.4 is 10.1 Å². The van der Waals surface area contributed by atoms with Gasteiger partial charge in [0.2, 0.25) is 0 Å². The molecule has 2 aromatic rings. The molecule has 21 heavy (non-hydrogen) atoms. The molecule has 0 aliphatic heterocycles. The molecular formula is C15H13ClF3NO. The van der Waals surface area contributed by atoms with Gasteiger partial charge in [-0.15, -0.1) is 13.2 Å². The normalized spacial score (nSPS) is 11.3. The van der Waals surface area contributed by atoms with Crippen LogP contribution in [0.15, 0.2) is 42.5 Å². The highest BCUT2D eigenvalue weighted by atomic mass is 35.5. The maximum absolute atomic E-state index is 12.2. The van der Waals surface area contributed by atoms with Gasteiger partial charge in [0, 0.05) is 17.3 Å². The lowest BCUT2D eigenvalue weighted by molar-refractivity contribution is -0.274. The molecule has 2 nitrogen and oxygen atoms in total. The molecule has 0 aliphatic rings. The fourth-order valence-corrected chi connectivity index (χ4v) is 2.01. The quantitative estimate of drug-likeness (QED) is 0.841. The highest BCUT2D eigenvalue weighted by Crippen LogP contribution is 2.24. The minimum absolute atomic E-state index is 0.232. The Bertz CT molecular complexity index is 629. The first-order valence-electron chi connectivity index (χ1n) is 6.18. The van der Waals surface area contributed by atoms with Gasteiger partial charge in [0.25, 0.3) is 0 Å². The summed E-state index contributed by atoms with van der Waals surface area (Å²) in [5, 5.41) is 3.73. The third-order valence-electron chi connectivity index (χ3n) is 2.81. The predicted molar refractivity (Wildman–Crippen MR) is 76.6 cm³/mol. The van der Waals surface area contributed by atoms with Crippen LogP contribution in [0.5, 0.6) is 5.75 Å². The van der Waals surface area contributed by atoms with Gasteiger partial charge in [-0.3, -0.25) is 0 Å². The van der Waals surface area contributed by atoms with Crippen molar-refractivity contribution >= 4 is 17.3 Å². The molecule has 0 fully saturated rings. The van der Waals surface area contributed by atoms with Gasteiger partial charge in [0.15, 0.2) is 0 Å². The Labute approximate surface area is 125 Å². The largest absolute Gasteiger partial charge is 0.573 e. The molecule has 6 heteroatoms. The predicted octanol–water partition coefficient (Wildman–Crippen LogP) is 5.16. The molecule has 0 unspecified atom stereocenters. The van der Waals surface area contributed by atoms with Crippen LogP contribution in [0.1, 0.15) is 11.1 Å². The van der Waals surface area contributed by atoms with Crippen LogP contribution in [-0.4, -0.2) is 6.36 Å². The molecule has 0 saturated heterocycles. The van der Waals surface area contributed by atoms with E-state index in [0.29, 0.717) is 17.1 Å². The maximum atomic E-state index is 12.2. The highest BCUT2D eigenvalue weighted by Gasteiger charge is 2.31. The molecule has 0 radical (unpaired) electrons. The fraction of sp³-hybridized carbons (Fsp3) is 0.200. The van der Waals surface area contributed by atoms with Crippen LogP contribution in [0, 0.1) is 6.92 Å². The van der Waals surface area contributed by atoms with Crippen LogP contribution in [0.4, 0.5) is 18.9 Å². The first kappa shape index (κ1) is 15.5. The van der Waals surface area contributed by atoms with Crippen LogP contribution in [0.2, 0.25) is 5.02 Å². The van der Waals surface area contributed by atoms with Crippen molar-refractivity contribution in [2.24, 2.45) is 0 Å². The number of ether oxygens (including phenoxy) is 1. The number of nitrogens with one attached hydrogen (secondary N) is 1. The number of alkyl halides is 3. The first-order valence-corrected chi connectivity index (χ1v) is 6.56. The van der Waals surface area contributed by atoms with Gasteiger partial charge in [-0.2, -0.15) is 0 Å². The van der Waals surface area contributed by atoms with Crippen molar-refractivity contribution in [2.75, 3.05) is 5.32 Å². The lowest BCUT2D eigenvalue weighted by Gasteiger charge is -2.12. The monoisotopic (exact) mass is 315 g/mol. The first-order chi connectivity index (χ1) is 9.83. The Hall–Kier alpha value is -1.88. The Morgan fingerprint density at radius 2 is 1.90 bits per heavy atom. The molecular weight excluding hydrogens is 303 g/mol. The summed E-state index contributed by atoms with van der Waals surface area (Å²) >= 11 is 5.91. The summed E-state index contributed by atoms with van der Waals surface area (Å²) in [4.78, 5) is 0. The van der Waals surface area contributed by atoms with Gasteiger partial charge in [0.05, 0.1) is 0 Å². The number of anilines is 1. The average Bonchev–Trinajstić information content (AvgIpc) is 2.38. The standard InChI is InChI=1S/C15H13ClF3NO/c1-10-5-6-12(16)8-14(10)20-9-11-3-2-4-13(7-11)21-15(17,18)19/h2-8,20H,9H2,1H3. The van der Waals surface area contributed by atoms with E-state index in [9.17, 15) is 13.2 Å². The molecule has 0 heterocycles. The van der Waals surface area contributed by atoms with E-state index in [1.807, 2.05) is 13.0 Å². The van der Waals surface area contributed by atoms with Gasteiger partial charge in [-0.05, 0) is 42.3 Å². The Morgan fingerprint density at radius 1 is 1.14 bits per heavy atom. The Kier molecular flexibility index (Phi) is 4.63. The molecule has 0 aromatic heterocycles. The smallest absolute Gasteiger partial charge is 0.406 e. The van der Waals surface area contributed by atoms with Crippen molar-refractivity contribution in [2.45, 2.75) is 19.8 Å². The van der Waals surface area contributed by atoms with E-state index in [1.54, 1.807) is 18.2 Å². The third-order valence-corrected chi connectivity index (χ3v) is 3.05. The summed E-state index contributed by atoms with van der Waals surface area (Å²) in [6.07, 6.45) is -4.68. The zero-order valence-electron chi connectivity index (χ0n) is 11.2. The summed E-state index contributed by atoms with van der Waals surface area (Å²) in [5.74, 6) is -0.232. The van der Waals surface area contributed by atoms with Crippen molar-refractivity contribution in [1.82, 2.24) is 0 Å².